The molecule has 0 atom stereocenters. The van der Waals surface area contributed by atoms with Crippen molar-refractivity contribution in [2.24, 2.45) is 0 Å². The van der Waals surface area contributed by atoms with Crippen LogP contribution in [0.4, 0.5) is 11.7 Å². The third-order valence-electron chi connectivity index (χ3n) is 2.22. The first-order valence-electron chi connectivity index (χ1n) is 5.19. The fourth-order valence-corrected chi connectivity index (χ4v) is 2.58. The van der Waals surface area contributed by atoms with Crippen molar-refractivity contribution in [3.63, 3.8) is 0 Å². The van der Waals surface area contributed by atoms with Crippen molar-refractivity contribution < 1.29 is 12.8 Å². The number of nitrogen functional groups attached to an aromatic ring is 1. The van der Waals surface area contributed by atoms with Crippen LogP contribution in [0.5, 0.6) is 0 Å². The molecule has 3 N–H and O–H groups in total. The predicted molar refractivity (Wildman–Crippen MR) is 67.6 cm³/mol. The Morgan fingerprint density at radius 2 is 2.00 bits per heavy atom. The molecule has 7 heteroatoms. The van der Waals surface area contributed by atoms with E-state index in [2.05, 4.69) is 9.71 Å². The Hall–Kier alpha value is -2.02. The number of nitrogens with zero attached hydrogens (tertiary/aromatic N) is 1. The molecule has 1 heterocycles. The summed E-state index contributed by atoms with van der Waals surface area (Å²) in [5.41, 5.74) is 7.37. The van der Waals surface area contributed by atoms with Crippen molar-refractivity contribution in [1.82, 2.24) is 4.98 Å². The lowest BCUT2D eigenvalue weighted by molar-refractivity contribution is 0.569. The molecular formula is C11H13N3O3S. The highest BCUT2D eigenvalue weighted by Gasteiger charge is 2.17. The SMILES string of the molecule is Cc1cc(N)cc(S(=O)(=O)Nc2nc(C)co2)c1. The minimum Gasteiger partial charge on any atom is -0.431 e. The van der Waals surface area contributed by atoms with E-state index in [9.17, 15) is 8.42 Å². The summed E-state index contributed by atoms with van der Waals surface area (Å²) in [7, 11) is -3.73. The van der Waals surface area contributed by atoms with Gasteiger partial charge in [0.05, 0.1) is 10.6 Å². The number of sulfonamides is 1. The molecule has 18 heavy (non-hydrogen) atoms. The van der Waals surface area contributed by atoms with E-state index in [0.717, 1.165) is 5.56 Å². The summed E-state index contributed by atoms with van der Waals surface area (Å²) in [4.78, 5) is 3.96. The number of oxazole rings is 1. The lowest BCUT2D eigenvalue weighted by Crippen LogP contribution is -2.13. The van der Waals surface area contributed by atoms with Gasteiger partial charge < -0.3 is 10.2 Å². The molecule has 0 aliphatic rings. The minimum absolute atomic E-state index is 0.0624. The molecule has 0 saturated heterocycles. The molecule has 0 bridgehead atoms. The van der Waals surface area contributed by atoms with E-state index in [0.29, 0.717) is 11.4 Å². The second kappa shape index (κ2) is 4.34. The van der Waals surface area contributed by atoms with Crippen molar-refractivity contribution in [3.8, 4) is 0 Å². The fraction of sp³-hybridized carbons (Fsp3) is 0.182. The molecule has 0 unspecified atom stereocenters. The highest BCUT2D eigenvalue weighted by atomic mass is 32.2. The Balaban J connectivity index is 2.36. The van der Waals surface area contributed by atoms with Crippen molar-refractivity contribution in [3.05, 3.63) is 35.7 Å². The first kappa shape index (κ1) is 12.4. The molecule has 0 aliphatic heterocycles. The summed E-state index contributed by atoms with van der Waals surface area (Å²) >= 11 is 0. The van der Waals surface area contributed by atoms with E-state index in [1.807, 2.05) is 0 Å². The van der Waals surface area contributed by atoms with Gasteiger partial charge in [-0.1, -0.05) is 0 Å². The number of anilines is 2. The van der Waals surface area contributed by atoms with E-state index in [-0.39, 0.29) is 10.9 Å². The van der Waals surface area contributed by atoms with Gasteiger partial charge in [0.1, 0.15) is 6.26 Å². The number of hydrogen-bond donors (Lipinski definition) is 2. The summed E-state index contributed by atoms with van der Waals surface area (Å²) in [6, 6.07) is 4.53. The van der Waals surface area contributed by atoms with E-state index in [1.54, 1.807) is 19.9 Å². The van der Waals surface area contributed by atoms with Crippen molar-refractivity contribution in [2.75, 3.05) is 10.5 Å². The van der Waals surface area contributed by atoms with Crippen LogP contribution in [-0.2, 0) is 10.0 Å². The maximum atomic E-state index is 12.0. The average Bonchev–Trinajstić information content (AvgIpc) is 2.61. The highest BCUT2D eigenvalue weighted by Crippen LogP contribution is 2.19. The summed E-state index contributed by atoms with van der Waals surface area (Å²) in [6.45, 7) is 3.47. The molecule has 1 aromatic carbocycles. The Kier molecular flexibility index (Phi) is 3.00. The van der Waals surface area contributed by atoms with Gasteiger partial charge in [-0.05, 0) is 37.6 Å². The van der Waals surface area contributed by atoms with Gasteiger partial charge >= 0.3 is 6.01 Å². The van der Waals surface area contributed by atoms with Crippen LogP contribution in [-0.4, -0.2) is 13.4 Å². The quantitative estimate of drug-likeness (QED) is 0.824. The third-order valence-corrected chi connectivity index (χ3v) is 3.52. The molecular weight excluding hydrogens is 254 g/mol. The van der Waals surface area contributed by atoms with Gasteiger partial charge in [0.25, 0.3) is 10.0 Å². The molecule has 96 valence electrons. The lowest BCUT2D eigenvalue weighted by atomic mass is 10.2. The molecule has 2 rings (SSSR count). The topological polar surface area (TPSA) is 98.2 Å². The fourth-order valence-electron chi connectivity index (χ4n) is 1.51. The summed E-state index contributed by atoms with van der Waals surface area (Å²) in [5, 5.41) is 0. The van der Waals surface area contributed by atoms with Crippen molar-refractivity contribution >= 4 is 21.7 Å². The molecule has 6 nitrogen and oxygen atoms in total. The van der Waals surface area contributed by atoms with Crippen LogP contribution >= 0.6 is 0 Å². The third kappa shape index (κ3) is 2.62. The maximum absolute atomic E-state index is 12.0. The van der Waals surface area contributed by atoms with Crippen molar-refractivity contribution in [2.45, 2.75) is 18.7 Å². The Bertz CT molecular complexity index is 656. The number of nitrogens with one attached hydrogen (secondary N) is 1. The molecule has 2 aromatic rings. The monoisotopic (exact) mass is 267 g/mol. The number of aromatic nitrogens is 1. The van der Waals surface area contributed by atoms with Gasteiger partial charge in [-0.2, -0.15) is 4.98 Å². The highest BCUT2D eigenvalue weighted by molar-refractivity contribution is 7.92. The number of rotatable bonds is 3. The molecule has 0 radical (unpaired) electrons. The van der Waals surface area contributed by atoms with Gasteiger partial charge in [-0.15, -0.1) is 0 Å². The Labute approximate surface area is 105 Å². The van der Waals surface area contributed by atoms with Crippen LogP contribution in [0.3, 0.4) is 0 Å². The number of nitrogens with two attached hydrogens (primary N) is 1. The van der Waals surface area contributed by atoms with E-state index >= 15 is 0 Å². The standard InChI is InChI=1S/C11H13N3O3S/c1-7-3-9(12)5-10(4-7)18(15,16)14-11-13-8(2)6-17-11/h3-6H,12H2,1-2H3,(H,13,14). The summed E-state index contributed by atoms with van der Waals surface area (Å²) in [6.07, 6.45) is 1.36. The zero-order chi connectivity index (χ0) is 13.3. The Morgan fingerprint density at radius 1 is 1.28 bits per heavy atom. The minimum atomic E-state index is -3.73. The number of benzene rings is 1. The van der Waals surface area contributed by atoms with Crippen LogP contribution in [0, 0.1) is 13.8 Å². The molecule has 0 spiro atoms. The smallest absolute Gasteiger partial charge is 0.309 e. The summed E-state index contributed by atoms with van der Waals surface area (Å²) < 4.78 is 31.3. The first-order chi connectivity index (χ1) is 8.37. The van der Waals surface area contributed by atoms with E-state index in [1.165, 1.54) is 18.4 Å². The van der Waals surface area contributed by atoms with Gasteiger partial charge in [0.15, 0.2) is 0 Å². The van der Waals surface area contributed by atoms with Crippen LogP contribution in [0.15, 0.2) is 33.8 Å². The summed E-state index contributed by atoms with van der Waals surface area (Å²) in [5.74, 6) is 0. The second-order valence-corrected chi connectivity index (χ2v) is 5.66. The largest absolute Gasteiger partial charge is 0.431 e. The van der Waals surface area contributed by atoms with Gasteiger partial charge in [-0.3, -0.25) is 0 Å². The molecule has 0 fully saturated rings. The van der Waals surface area contributed by atoms with Crippen molar-refractivity contribution in [1.29, 1.82) is 0 Å². The van der Waals surface area contributed by atoms with E-state index in [4.69, 9.17) is 10.2 Å². The van der Waals surface area contributed by atoms with Gasteiger partial charge in [-0.25, -0.2) is 13.1 Å². The normalized spacial score (nSPS) is 11.4. The zero-order valence-electron chi connectivity index (χ0n) is 9.97. The maximum Gasteiger partial charge on any atom is 0.309 e. The number of aryl methyl sites for hydroxylation is 2. The van der Waals surface area contributed by atoms with Crippen LogP contribution in [0.1, 0.15) is 11.3 Å². The van der Waals surface area contributed by atoms with Gasteiger partial charge in [0.2, 0.25) is 0 Å². The van der Waals surface area contributed by atoms with E-state index < -0.39 is 10.0 Å². The Morgan fingerprint density at radius 3 is 2.56 bits per heavy atom. The molecule has 0 saturated carbocycles. The second-order valence-electron chi connectivity index (χ2n) is 3.98. The predicted octanol–water partition coefficient (Wildman–Crippen LogP) is 1.67. The van der Waals surface area contributed by atoms with Crippen LogP contribution < -0.4 is 10.5 Å². The van der Waals surface area contributed by atoms with Crippen LogP contribution in [0.25, 0.3) is 0 Å². The van der Waals surface area contributed by atoms with Crippen LogP contribution in [0.2, 0.25) is 0 Å². The lowest BCUT2D eigenvalue weighted by Gasteiger charge is -2.06. The molecule has 0 aliphatic carbocycles. The zero-order valence-corrected chi connectivity index (χ0v) is 10.8. The first-order valence-corrected chi connectivity index (χ1v) is 6.67. The van der Waals surface area contributed by atoms with Gasteiger partial charge in [0, 0.05) is 5.69 Å². The molecule has 1 aromatic heterocycles. The average molecular weight is 267 g/mol. The molecule has 0 amide bonds. The number of hydrogen-bond acceptors (Lipinski definition) is 5.